The maximum Gasteiger partial charge on any atom is 0.123 e. The summed E-state index contributed by atoms with van der Waals surface area (Å²) in [5.74, 6) is -0.193. The lowest BCUT2D eigenvalue weighted by Crippen LogP contribution is -2.44. The fourth-order valence-electron chi connectivity index (χ4n) is 3.08. The van der Waals surface area contributed by atoms with Crippen LogP contribution >= 0.6 is 15.9 Å². The fraction of sp³-hybridized carbons (Fsp3) is 0.600. The monoisotopic (exact) mass is 328 g/mol. The quantitative estimate of drug-likeness (QED) is 0.909. The van der Waals surface area contributed by atoms with E-state index >= 15 is 0 Å². The van der Waals surface area contributed by atoms with Gasteiger partial charge >= 0.3 is 0 Å². The van der Waals surface area contributed by atoms with Crippen LogP contribution in [-0.4, -0.2) is 24.0 Å². The van der Waals surface area contributed by atoms with E-state index in [1.165, 1.54) is 25.3 Å². The average molecular weight is 329 g/mol. The Labute approximate surface area is 123 Å². The molecule has 2 nitrogen and oxygen atoms in total. The van der Waals surface area contributed by atoms with Gasteiger partial charge in [0.05, 0.1) is 0 Å². The standard InChI is InChI=1S/C15H22BrFN2/c1-2-12-5-3-4-8-19(12)15(10-18)13-9-11(17)6-7-14(13)16/h6-7,9,12,15H,2-5,8,10,18H2,1H3. The first kappa shape index (κ1) is 14.9. The highest BCUT2D eigenvalue weighted by Gasteiger charge is 2.29. The van der Waals surface area contributed by atoms with Gasteiger partial charge in [0.1, 0.15) is 5.82 Å². The van der Waals surface area contributed by atoms with Crippen molar-refractivity contribution in [3.8, 4) is 0 Å². The predicted molar refractivity (Wildman–Crippen MR) is 80.5 cm³/mol. The number of likely N-dealkylation sites (tertiary alicyclic amines) is 1. The maximum atomic E-state index is 13.5. The molecule has 0 radical (unpaired) electrons. The minimum Gasteiger partial charge on any atom is -0.329 e. The first-order chi connectivity index (χ1) is 9.17. The highest BCUT2D eigenvalue weighted by atomic mass is 79.9. The molecule has 0 spiro atoms. The van der Waals surface area contributed by atoms with E-state index in [1.807, 2.05) is 0 Å². The van der Waals surface area contributed by atoms with Crippen molar-refractivity contribution in [1.82, 2.24) is 4.90 Å². The number of rotatable bonds is 4. The molecule has 0 aliphatic carbocycles. The van der Waals surface area contributed by atoms with Crippen LogP contribution < -0.4 is 5.73 Å². The average Bonchev–Trinajstić information content (AvgIpc) is 2.44. The lowest BCUT2D eigenvalue weighted by Gasteiger charge is -2.41. The van der Waals surface area contributed by atoms with Crippen molar-refractivity contribution in [3.05, 3.63) is 34.1 Å². The van der Waals surface area contributed by atoms with Gasteiger partial charge in [-0.05, 0) is 49.6 Å². The Kier molecular flexibility index (Phi) is 5.37. The van der Waals surface area contributed by atoms with Crippen LogP contribution in [0.1, 0.15) is 44.2 Å². The van der Waals surface area contributed by atoms with Gasteiger partial charge in [0, 0.05) is 23.1 Å². The van der Waals surface area contributed by atoms with Crippen molar-refractivity contribution < 1.29 is 4.39 Å². The Balaban J connectivity index is 2.29. The number of piperidine rings is 1. The Bertz CT molecular complexity index is 425. The lowest BCUT2D eigenvalue weighted by atomic mass is 9.95. The van der Waals surface area contributed by atoms with E-state index in [4.69, 9.17) is 5.73 Å². The Morgan fingerprint density at radius 1 is 1.47 bits per heavy atom. The highest BCUT2D eigenvalue weighted by molar-refractivity contribution is 9.10. The van der Waals surface area contributed by atoms with E-state index in [2.05, 4.69) is 27.8 Å². The molecule has 0 amide bonds. The van der Waals surface area contributed by atoms with E-state index in [9.17, 15) is 4.39 Å². The molecular weight excluding hydrogens is 307 g/mol. The van der Waals surface area contributed by atoms with Gasteiger partial charge in [-0.3, -0.25) is 4.90 Å². The largest absolute Gasteiger partial charge is 0.329 e. The van der Waals surface area contributed by atoms with Crippen molar-refractivity contribution >= 4 is 15.9 Å². The molecule has 1 aliphatic rings. The SMILES string of the molecule is CCC1CCCCN1C(CN)c1cc(F)ccc1Br. The summed E-state index contributed by atoms with van der Waals surface area (Å²) in [6.45, 7) is 3.80. The third-order valence-electron chi connectivity index (χ3n) is 4.08. The van der Waals surface area contributed by atoms with Gasteiger partial charge in [0.15, 0.2) is 0 Å². The molecule has 1 fully saturated rings. The molecule has 1 aromatic rings. The van der Waals surface area contributed by atoms with Crippen molar-refractivity contribution in [2.75, 3.05) is 13.1 Å². The third-order valence-corrected chi connectivity index (χ3v) is 4.81. The van der Waals surface area contributed by atoms with Crippen molar-refractivity contribution in [2.24, 2.45) is 5.73 Å². The topological polar surface area (TPSA) is 29.3 Å². The molecule has 1 aliphatic heterocycles. The summed E-state index contributed by atoms with van der Waals surface area (Å²) in [6.07, 6.45) is 4.85. The Hall–Kier alpha value is -0.450. The van der Waals surface area contributed by atoms with E-state index in [1.54, 1.807) is 12.1 Å². The number of hydrogen-bond acceptors (Lipinski definition) is 2. The summed E-state index contributed by atoms with van der Waals surface area (Å²) in [7, 11) is 0. The van der Waals surface area contributed by atoms with Crippen LogP contribution in [0, 0.1) is 5.82 Å². The first-order valence-electron chi connectivity index (χ1n) is 7.08. The molecule has 2 rings (SSSR count). The third kappa shape index (κ3) is 3.36. The second kappa shape index (κ2) is 6.82. The Morgan fingerprint density at radius 2 is 2.26 bits per heavy atom. The number of nitrogens with two attached hydrogens (primary N) is 1. The van der Waals surface area contributed by atoms with Gasteiger partial charge in [-0.15, -0.1) is 0 Å². The van der Waals surface area contributed by atoms with E-state index < -0.39 is 0 Å². The number of nitrogens with zero attached hydrogens (tertiary/aromatic N) is 1. The van der Waals surface area contributed by atoms with Gasteiger partial charge in [-0.1, -0.05) is 29.3 Å². The van der Waals surface area contributed by atoms with Gasteiger partial charge in [0.25, 0.3) is 0 Å². The number of halogens is 2. The summed E-state index contributed by atoms with van der Waals surface area (Å²) in [5.41, 5.74) is 6.96. The summed E-state index contributed by atoms with van der Waals surface area (Å²) in [4.78, 5) is 2.46. The van der Waals surface area contributed by atoms with Gasteiger partial charge in [0.2, 0.25) is 0 Å². The van der Waals surface area contributed by atoms with Gasteiger partial charge in [-0.25, -0.2) is 4.39 Å². The zero-order valence-electron chi connectivity index (χ0n) is 11.4. The van der Waals surface area contributed by atoms with Gasteiger partial charge in [-0.2, -0.15) is 0 Å². The number of benzene rings is 1. The molecule has 106 valence electrons. The molecule has 0 aromatic heterocycles. The van der Waals surface area contributed by atoms with Crippen LogP contribution in [0.15, 0.2) is 22.7 Å². The molecule has 0 saturated carbocycles. The normalized spacial score (nSPS) is 22.4. The van der Waals surface area contributed by atoms with Crippen LogP contribution in [0.4, 0.5) is 4.39 Å². The summed E-state index contributed by atoms with van der Waals surface area (Å²) in [6, 6.07) is 5.54. The van der Waals surface area contributed by atoms with Gasteiger partial charge < -0.3 is 5.73 Å². The van der Waals surface area contributed by atoms with Crippen LogP contribution in [0.2, 0.25) is 0 Å². The second-order valence-corrected chi connectivity index (χ2v) is 6.07. The zero-order valence-corrected chi connectivity index (χ0v) is 13.0. The molecule has 2 N–H and O–H groups in total. The molecule has 2 unspecified atom stereocenters. The Morgan fingerprint density at radius 3 is 2.95 bits per heavy atom. The maximum absolute atomic E-state index is 13.5. The molecule has 1 aromatic carbocycles. The molecule has 19 heavy (non-hydrogen) atoms. The highest BCUT2D eigenvalue weighted by Crippen LogP contribution is 2.33. The minimum atomic E-state index is -0.193. The summed E-state index contributed by atoms with van der Waals surface area (Å²) >= 11 is 3.53. The summed E-state index contributed by atoms with van der Waals surface area (Å²) < 4.78 is 14.5. The molecule has 0 bridgehead atoms. The first-order valence-corrected chi connectivity index (χ1v) is 7.87. The molecular formula is C15H22BrFN2. The molecule has 4 heteroatoms. The number of hydrogen-bond donors (Lipinski definition) is 1. The van der Waals surface area contributed by atoms with E-state index in [0.29, 0.717) is 12.6 Å². The molecule has 2 atom stereocenters. The minimum absolute atomic E-state index is 0.107. The van der Waals surface area contributed by atoms with Crippen molar-refractivity contribution in [3.63, 3.8) is 0 Å². The molecule has 1 heterocycles. The lowest BCUT2D eigenvalue weighted by molar-refractivity contribution is 0.0944. The van der Waals surface area contributed by atoms with Crippen molar-refractivity contribution in [1.29, 1.82) is 0 Å². The van der Waals surface area contributed by atoms with Crippen LogP contribution in [0.25, 0.3) is 0 Å². The fourth-order valence-corrected chi connectivity index (χ4v) is 3.59. The smallest absolute Gasteiger partial charge is 0.123 e. The second-order valence-electron chi connectivity index (χ2n) is 5.21. The van der Waals surface area contributed by atoms with Crippen LogP contribution in [0.5, 0.6) is 0 Å². The van der Waals surface area contributed by atoms with Crippen LogP contribution in [-0.2, 0) is 0 Å². The van der Waals surface area contributed by atoms with Crippen molar-refractivity contribution in [2.45, 2.75) is 44.7 Å². The molecule has 1 saturated heterocycles. The zero-order chi connectivity index (χ0) is 13.8. The summed E-state index contributed by atoms with van der Waals surface area (Å²) in [5, 5.41) is 0. The predicted octanol–water partition coefficient (Wildman–Crippen LogP) is 3.85. The van der Waals surface area contributed by atoms with E-state index in [-0.39, 0.29) is 11.9 Å². The van der Waals surface area contributed by atoms with Crippen LogP contribution in [0.3, 0.4) is 0 Å². The van der Waals surface area contributed by atoms with E-state index in [0.717, 1.165) is 23.0 Å².